The van der Waals surface area contributed by atoms with Gasteiger partial charge in [0.25, 0.3) is 0 Å². The number of likely N-dealkylation sites (tertiary alicyclic amines) is 1. The summed E-state index contributed by atoms with van der Waals surface area (Å²) in [5.41, 5.74) is 14.6. The number of urea groups is 1. The summed E-state index contributed by atoms with van der Waals surface area (Å²) < 4.78 is 8.49. The number of anilines is 2. The number of hydrogen-bond acceptors (Lipinski definition) is 10. The van der Waals surface area contributed by atoms with Crippen LogP contribution in [0.2, 0.25) is 0 Å². The number of aromatic amines is 1. The Morgan fingerprint density at radius 2 is 1.69 bits per heavy atom. The molecule has 16 nitrogen and oxygen atoms in total. The molecule has 0 aliphatic carbocycles. The predicted octanol–water partition coefficient (Wildman–Crippen LogP) is 3.16. The van der Waals surface area contributed by atoms with Gasteiger partial charge in [-0.05, 0) is 100 Å². The second-order valence-electron chi connectivity index (χ2n) is 13.8. The Hall–Kier alpha value is -4.68. The van der Waals surface area contributed by atoms with Crippen molar-refractivity contribution < 1.29 is 19.1 Å². The molecule has 4 amide bonds. The van der Waals surface area contributed by atoms with Crippen molar-refractivity contribution in [3.63, 3.8) is 0 Å². The van der Waals surface area contributed by atoms with Gasteiger partial charge in [-0.2, -0.15) is 0 Å². The molecule has 2 saturated heterocycles. The first-order valence-corrected chi connectivity index (χ1v) is 20.0. The number of rotatable bonds is 13. The zero-order valence-electron chi connectivity index (χ0n) is 30.7. The molecular weight excluding hydrogens is 838 g/mol. The molecule has 7 N–H and O–H groups in total. The first-order valence-electron chi connectivity index (χ1n) is 18.4. The van der Waals surface area contributed by atoms with Gasteiger partial charge in [0, 0.05) is 60.7 Å². The Labute approximate surface area is 335 Å². The van der Waals surface area contributed by atoms with Gasteiger partial charge in [-0.15, -0.1) is 0 Å². The number of benzene rings is 2. The number of nitrogens with zero attached hydrogens (tertiary/aromatic N) is 6. The summed E-state index contributed by atoms with van der Waals surface area (Å²) in [5, 5.41) is 5.97. The number of aromatic nitrogens is 4. The largest absolute Gasteiger partial charge is 0.491 e. The number of methoxy groups -OCH3 is 1. The number of unbranched alkanes of at least 4 members (excludes halogenated alkanes) is 1. The number of carbonyl (C=O) groups excluding carboxylic acids is 3. The summed E-state index contributed by atoms with van der Waals surface area (Å²) in [5.74, 6) is 0.537. The van der Waals surface area contributed by atoms with Crippen LogP contribution in [0.15, 0.2) is 62.7 Å². The molecule has 0 saturated carbocycles. The van der Waals surface area contributed by atoms with Gasteiger partial charge in [0.2, 0.25) is 11.8 Å². The molecule has 55 heavy (non-hydrogen) atoms. The third-order valence-corrected chi connectivity index (χ3v) is 11.6. The maximum atomic E-state index is 14.2. The van der Waals surface area contributed by atoms with Crippen molar-refractivity contribution in [1.29, 1.82) is 0 Å². The topological polar surface area (TPSA) is 210 Å². The minimum Gasteiger partial charge on any atom is -0.491 e. The molecule has 2 aliphatic rings. The number of nitrogen functional groups attached to an aromatic ring is 1. The number of fused-ring (bicyclic) bond motifs is 1. The van der Waals surface area contributed by atoms with E-state index in [0.29, 0.717) is 104 Å². The zero-order valence-corrected chi connectivity index (χ0v) is 33.9. The molecule has 18 heteroatoms. The van der Waals surface area contributed by atoms with Crippen LogP contribution in [0.3, 0.4) is 0 Å². The number of amides is 4. The molecular formula is C37H47Br2N11O5. The Balaban J connectivity index is 1.15. The molecule has 0 radical (unpaired) electrons. The highest BCUT2D eigenvalue weighted by Crippen LogP contribution is 2.31. The molecule has 4 heterocycles. The van der Waals surface area contributed by atoms with E-state index < -0.39 is 24.0 Å². The first kappa shape index (κ1) is 40.0. The molecule has 0 spiro atoms. The minimum absolute atomic E-state index is 0.0820. The lowest BCUT2D eigenvalue weighted by Gasteiger charge is -2.37. The van der Waals surface area contributed by atoms with Crippen molar-refractivity contribution in [1.82, 2.24) is 40.0 Å². The molecule has 0 bridgehead atoms. The number of hydrogen-bond donors (Lipinski definition) is 5. The van der Waals surface area contributed by atoms with Gasteiger partial charge >= 0.3 is 11.7 Å². The third kappa shape index (κ3) is 9.41. The lowest BCUT2D eigenvalue weighted by atomic mass is 10.0. The molecule has 0 unspecified atom stereocenters. The van der Waals surface area contributed by atoms with Crippen molar-refractivity contribution in [2.75, 3.05) is 63.6 Å². The normalized spacial score (nSPS) is 16.2. The van der Waals surface area contributed by atoms with Gasteiger partial charge in [-0.1, -0.05) is 12.1 Å². The Kier molecular flexibility index (Phi) is 13.3. The van der Waals surface area contributed by atoms with Crippen LogP contribution in [-0.4, -0.2) is 112 Å². The lowest BCUT2D eigenvalue weighted by molar-refractivity contribution is -0.137. The van der Waals surface area contributed by atoms with Gasteiger partial charge in [-0.3, -0.25) is 14.2 Å². The van der Waals surface area contributed by atoms with Crippen molar-refractivity contribution in [2.24, 2.45) is 5.73 Å². The lowest BCUT2D eigenvalue weighted by Crippen LogP contribution is -2.59. The molecule has 4 aromatic rings. The van der Waals surface area contributed by atoms with Crippen molar-refractivity contribution >= 4 is 72.2 Å². The molecule has 2 aliphatic heterocycles. The van der Waals surface area contributed by atoms with Gasteiger partial charge in [-0.25, -0.2) is 19.6 Å². The van der Waals surface area contributed by atoms with E-state index in [1.807, 2.05) is 41.3 Å². The molecule has 2 aromatic heterocycles. The summed E-state index contributed by atoms with van der Waals surface area (Å²) in [6.45, 7) is 3.12. The number of nitrogens with two attached hydrogens (primary N) is 2. The highest BCUT2D eigenvalue weighted by Gasteiger charge is 2.34. The average molecular weight is 886 g/mol. The van der Waals surface area contributed by atoms with E-state index >= 15 is 0 Å². The van der Waals surface area contributed by atoms with Crippen LogP contribution in [0, 0.1) is 0 Å². The van der Waals surface area contributed by atoms with Gasteiger partial charge in [0.15, 0.2) is 11.6 Å². The van der Waals surface area contributed by atoms with E-state index in [2.05, 4.69) is 57.4 Å². The summed E-state index contributed by atoms with van der Waals surface area (Å²) in [6.07, 6.45) is 6.06. The van der Waals surface area contributed by atoms with Crippen LogP contribution in [0.25, 0.3) is 11.0 Å². The minimum atomic E-state index is -1.02. The fraction of sp³-hybridized carbons (Fsp3) is 0.459. The quantitative estimate of drug-likeness (QED) is 0.0979. The molecule has 2 aromatic carbocycles. The molecule has 2 fully saturated rings. The van der Waals surface area contributed by atoms with Crippen molar-refractivity contribution in [3.05, 3.63) is 73.9 Å². The number of imidazole rings is 1. The molecule has 294 valence electrons. The highest BCUT2D eigenvalue weighted by molar-refractivity contribution is 9.11. The Morgan fingerprint density at radius 3 is 2.38 bits per heavy atom. The summed E-state index contributed by atoms with van der Waals surface area (Å²) in [4.78, 5) is 71.8. The number of halogens is 2. The standard InChI is InChI=1S/C37H47Br2N11O5/c1-55-31-21-42-22-43-33(31)47-14-16-48(17-15-47)35(52)28(7-4-5-11-40)44-34(51)29(20-23-18-25(38)32(41)26(39)19-23)46-36(53)49-12-9-24(10-13-49)50-30-8-3-2-6-27(30)45-37(50)54/h2-3,6,8,18-19,21-22,24,28-29H,4-5,7,9-17,20,40-41H2,1H3,(H,44,51)(H,45,54)(H,46,53)/t28-,29+/m0/s1. The zero-order chi connectivity index (χ0) is 39.1. The number of piperazine rings is 1. The van der Waals surface area contributed by atoms with Crippen LogP contribution < -0.4 is 37.4 Å². The molecule has 2 atom stereocenters. The fourth-order valence-electron chi connectivity index (χ4n) is 7.28. The maximum Gasteiger partial charge on any atom is 0.326 e. The SMILES string of the molecule is COc1cncnc1N1CCN(C(=O)[C@H](CCCCN)NC(=O)[C@@H](Cc2cc(Br)c(N)c(Br)c2)NC(=O)N2CCC(n3c(=O)[nH]c4ccccc43)CC2)CC1. The van der Waals surface area contributed by atoms with Gasteiger partial charge in [0.05, 0.1) is 30.0 Å². The smallest absolute Gasteiger partial charge is 0.326 e. The summed E-state index contributed by atoms with van der Waals surface area (Å²) >= 11 is 6.98. The number of H-pyrrole nitrogens is 1. The second-order valence-corrected chi connectivity index (χ2v) is 15.5. The second kappa shape index (κ2) is 18.3. The van der Waals surface area contributed by atoms with E-state index in [0.717, 1.165) is 16.6 Å². The number of piperidine rings is 1. The van der Waals surface area contributed by atoms with Crippen LogP contribution in [0.5, 0.6) is 5.75 Å². The summed E-state index contributed by atoms with van der Waals surface area (Å²) in [7, 11) is 1.56. The first-order chi connectivity index (χ1) is 26.6. The number of para-hydroxylation sites is 2. The van der Waals surface area contributed by atoms with E-state index in [1.54, 1.807) is 27.7 Å². The van der Waals surface area contributed by atoms with Gasteiger partial charge < -0.3 is 46.5 Å². The predicted molar refractivity (Wildman–Crippen MR) is 217 cm³/mol. The van der Waals surface area contributed by atoms with Crippen LogP contribution in [0.4, 0.5) is 16.3 Å². The van der Waals surface area contributed by atoms with Crippen LogP contribution >= 0.6 is 31.9 Å². The Morgan fingerprint density at radius 1 is 0.982 bits per heavy atom. The summed E-state index contributed by atoms with van der Waals surface area (Å²) in [6, 6.07) is 8.85. The van der Waals surface area contributed by atoms with E-state index in [9.17, 15) is 19.2 Å². The monoisotopic (exact) mass is 883 g/mol. The maximum absolute atomic E-state index is 14.2. The number of carbonyl (C=O) groups is 3. The van der Waals surface area contributed by atoms with Crippen molar-refractivity contribution in [2.45, 2.75) is 56.7 Å². The average Bonchev–Trinajstić information content (AvgIpc) is 3.54. The van der Waals surface area contributed by atoms with E-state index in [1.165, 1.54) is 6.33 Å². The van der Waals surface area contributed by atoms with Crippen LogP contribution in [0.1, 0.15) is 43.7 Å². The van der Waals surface area contributed by atoms with Crippen LogP contribution in [-0.2, 0) is 16.0 Å². The number of nitrogens with one attached hydrogen (secondary N) is 3. The molecule has 6 rings (SSSR count). The van der Waals surface area contributed by atoms with E-state index in [4.69, 9.17) is 16.2 Å². The van der Waals surface area contributed by atoms with Gasteiger partial charge in [0.1, 0.15) is 18.4 Å². The van der Waals surface area contributed by atoms with E-state index in [-0.39, 0.29) is 24.1 Å². The highest BCUT2D eigenvalue weighted by atomic mass is 79.9. The number of ether oxygens (including phenoxy) is 1. The Bertz CT molecular complexity index is 2020. The third-order valence-electron chi connectivity index (χ3n) is 10.3. The fourth-order valence-corrected chi connectivity index (χ4v) is 8.56. The van der Waals surface area contributed by atoms with Crippen molar-refractivity contribution in [3.8, 4) is 5.75 Å².